The molecular weight excluding hydrogens is 360 g/mol. The highest BCUT2D eigenvalue weighted by Gasteiger charge is 2.36. The zero-order chi connectivity index (χ0) is 20.5. The second-order valence-electron chi connectivity index (χ2n) is 6.83. The Morgan fingerprint density at radius 1 is 1.32 bits per heavy atom. The minimum Gasteiger partial charge on any atom is -0.488 e. The number of hydrogen-bond donors (Lipinski definition) is 1. The number of benzene rings is 1. The number of nitrogens with one attached hydrogen (secondary N) is 1. The van der Waals surface area contributed by atoms with Gasteiger partial charge in [0.25, 0.3) is 5.91 Å². The molecule has 1 aliphatic heterocycles. The number of unbranched alkanes of at least 4 members (excludes halogenated alkanes) is 1. The average molecular weight is 388 g/mol. The van der Waals surface area contributed by atoms with E-state index in [1.54, 1.807) is 24.3 Å². The van der Waals surface area contributed by atoms with E-state index in [0.717, 1.165) is 18.4 Å². The van der Waals surface area contributed by atoms with Crippen molar-refractivity contribution in [3.63, 3.8) is 0 Å². The normalized spacial score (nSPS) is 16.3. The smallest absolute Gasteiger partial charge is 0.308 e. The summed E-state index contributed by atoms with van der Waals surface area (Å²) in [6.45, 7) is 8.87. The number of esters is 1. The number of nitrogens with zero attached hydrogens (tertiary/aromatic N) is 1. The van der Waals surface area contributed by atoms with E-state index in [1.807, 2.05) is 13.8 Å². The molecule has 1 N–H and O–H groups in total. The van der Waals surface area contributed by atoms with Crippen molar-refractivity contribution in [2.24, 2.45) is 0 Å². The summed E-state index contributed by atoms with van der Waals surface area (Å²) in [5.41, 5.74) is 1.18. The van der Waals surface area contributed by atoms with Crippen molar-refractivity contribution in [1.82, 2.24) is 10.2 Å². The molecule has 1 saturated heterocycles. The number of piperazine rings is 1. The molecule has 1 heterocycles. The van der Waals surface area contributed by atoms with Gasteiger partial charge in [-0.2, -0.15) is 0 Å². The van der Waals surface area contributed by atoms with Gasteiger partial charge in [-0.05, 0) is 31.1 Å². The number of rotatable bonds is 9. The van der Waals surface area contributed by atoms with Crippen LogP contribution in [0.2, 0.25) is 0 Å². The lowest BCUT2D eigenvalue weighted by molar-refractivity contribution is -0.147. The number of ether oxygens (including phenoxy) is 2. The van der Waals surface area contributed by atoms with Crippen molar-refractivity contribution < 1.29 is 23.9 Å². The lowest BCUT2D eigenvalue weighted by Gasteiger charge is -2.34. The molecule has 2 rings (SSSR count). The fourth-order valence-corrected chi connectivity index (χ4v) is 2.83. The Kier molecular flexibility index (Phi) is 8.04. The summed E-state index contributed by atoms with van der Waals surface area (Å²) in [4.78, 5) is 39.0. The van der Waals surface area contributed by atoms with E-state index in [2.05, 4.69) is 11.9 Å². The topological polar surface area (TPSA) is 84.9 Å². The summed E-state index contributed by atoms with van der Waals surface area (Å²) in [6, 6.07) is 5.96. The Morgan fingerprint density at radius 3 is 2.79 bits per heavy atom. The summed E-state index contributed by atoms with van der Waals surface area (Å²) in [7, 11) is 0. The molecule has 1 atom stereocenters. The van der Waals surface area contributed by atoms with Crippen LogP contribution in [0.1, 0.15) is 43.5 Å². The van der Waals surface area contributed by atoms with E-state index in [0.29, 0.717) is 31.0 Å². The van der Waals surface area contributed by atoms with E-state index in [1.165, 1.54) is 4.90 Å². The summed E-state index contributed by atoms with van der Waals surface area (Å²) in [5.74, 6) is -0.767. The third-order valence-corrected chi connectivity index (χ3v) is 4.30. The molecule has 1 unspecified atom stereocenters. The minimum atomic E-state index is -0.899. The van der Waals surface area contributed by atoms with Crippen molar-refractivity contribution in [2.45, 2.75) is 39.2 Å². The summed E-state index contributed by atoms with van der Waals surface area (Å²) in [5, 5.41) is 2.71. The first-order valence-corrected chi connectivity index (χ1v) is 9.54. The quantitative estimate of drug-likeness (QED) is 0.399. The molecule has 7 heteroatoms. The maximum absolute atomic E-state index is 13.2. The summed E-state index contributed by atoms with van der Waals surface area (Å²) < 4.78 is 10.8. The van der Waals surface area contributed by atoms with E-state index < -0.39 is 12.0 Å². The highest BCUT2D eigenvalue weighted by molar-refractivity contribution is 6.01. The van der Waals surface area contributed by atoms with E-state index in [4.69, 9.17) is 9.47 Å². The van der Waals surface area contributed by atoms with Gasteiger partial charge in [0.1, 0.15) is 18.4 Å². The molecule has 1 aromatic rings. The van der Waals surface area contributed by atoms with Crippen molar-refractivity contribution in [1.29, 1.82) is 0 Å². The van der Waals surface area contributed by atoms with Crippen LogP contribution in [-0.2, 0) is 14.3 Å². The molecule has 152 valence electrons. The van der Waals surface area contributed by atoms with Gasteiger partial charge in [-0.15, -0.1) is 0 Å². The van der Waals surface area contributed by atoms with Crippen molar-refractivity contribution >= 4 is 17.8 Å². The molecule has 28 heavy (non-hydrogen) atoms. The van der Waals surface area contributed by atoms with E-state index in [9.17, 15) is 14.4 Å². The summed E-state index contributed by atoms with van der Waals surface area (Å²) in [6.07, 6.45) is 1.50. The van der Waals surface area contributed by atoms with Crippen LogP contribution in [0.3, 0.4) is 0 Å². The third-order valence-electron chi connectivity index (χ3n) is 4.30. The lowest BCUT2D eigenvalue weighted by Crippen LogP contribution is -2.57. The monoisotopic (exact) mass is 388 g/mol. The fourth-order valence-electron chi connectivity index (χ4n) is 2.83. The zero-order valence-corrected chi connectivity index (χ0v) is 16.5. The molecule has 2 amide bonds. The van der Waals surface area contributed by atoms with Crippen molar-refractivity contribution in [2.75, 3.05) is 26.3 Å². The first-order chi connectivity index (χ1) is 13.4. The Bertz CT molecular complexity index is 731. The molecule has 1 aliphatic rings. The molecule has 0 saturated carbocycles. The van der Waals surface area contributed by atoms with Crippen LogP contribution in [0, 0.1) is 0 Å². The highest BCUT2D eigenvalue weighted by Crippen LogP contribution is 2.23. The van der Waals surface area contributed by atoms with Gasteiger partial charge >= 0.3 is 5.97 Å². The fraction of sp³-hybridized carbons (Fsp3) is 0.476. The number of carbonyl (C=O) groups is 3. The van der Waals surface area contributed by atoms with Crippen LogP contribution < -0.4 is 10.1 Å². The van der Waals surface area contributed by atoms with Gasteiger partial charge in [0.2, 0.25) is 5.91 Å². The lowest BCUT2D eigenvalue weighted by atomic mass is 10.1. The van der Waals surface area contributed by atoms with Crippen molar-refractivity contribution in [3.8, 4) is 5.75 Å². The van der Waals surface area contributed by atoms with Gasteiger partial charge in [-0.3, -0.25) is 14.4 Å². The van der Waals surface area contributed by atoms with Crippen LogP contribution >= 0.6 is 0 Å². The first kappa shape index (κ1) is 21.5. The number of carbonyl (C=O) groups excluding carboxylic acids is 3. The van der Waals surface area contributed by atoms with Crippen molar-refractivity contribution in [3.05, 3.63) is 42.0 Å². The Hall–Kier alpha value is -2.83. The van der Waals surface area contributed by atoms with Gasteiger partial charge in [-0.25, -0.2) is 0 Å². The van der Waals surface area contributed by atoms with E-state index in [-0.39, 0.29) is 24.8 Å². The van der Waals surface area contributed by atoms with Gasteiger partial charge in [0.15, 0.2) is 0 Å². The Morgan fingerprint density at radius 2 is 2.07 bits per heavy atom. The third kappa shape index (κ3) is 5.84. The van der Waals surface area contributed by atoms with Crippen LogP contribution in [0.15, 0.2) is 36.4 Å². The molecule has 0 aromatic heterocycles. The van der Waals surface area contributed by atoms with Crippen LogP contribution in [0.4, 0.5) is 0 Å². The second-order valence-corrected chi connectivity index (χ2v) is 6.83. The standard InChI is InChI=1S/C21H28N2O5/c1-4-5-12-27-19(24)13-17-20(25)22-10-11-23(17)21(26)16-8-6-7-9-18(16)28-14-15(2)3/h6-9,17H,2,4-5,10-14H2,1,3H3,(H,22,25). The van der Waals surface area contributed by atoms with Gasteiger partial charge < -0.3 is 19.7 Å². The maximum atomic E-state index is 13.2. The zero-order valence-electron chi connectivity index (χ0n) is 16.5. The SMILES string of the molecule is C=C(C)COc1ccccc1C(=O)N1CCNC(=O)C1CC(=O)OCCCC. The molecule has 0 bridgehead atoms. The maximum Gasteiger partial charge on any atom is 0.308 e. The number of hydrogen-bond acceptors (Lipinski definition) is 5. The molecule has 7 nitrogen and oxygen atoms in total. The highest BCUT2D eigenvalue weighted by atomic mass is 16.5. The second kappa shape index (κ2) is 10.5. The molecule has 1 aromatic carbocycles. The van der Waals surface area contributed by atoms with Crippen LogP contribution in [0.25, 0.3) is 0 Å². The van der Waals surface area contributed by atoms with Gasteiger partial charge in [0, 0.05) is 13.1 Å². The van der Waals surface area contributed by atoms with Crippen LogP contribution in [-0.4, -0.2) is 55.0 Å². The van der Waals surface area contributed by atoms with Gasteiger partial charge in [-0.1, -0.05) is 32.1 Å². The molecule has 0 radical (unpaired) electrons. The number of para-hydroxylation sites is 1. The van der Waals surface area contributed by atoms with Gasteiger partial charge in [0.05, 0.1) is 18.6 Å². The van der Waals surface area contributed by atoms with Crippen LogP contribution in [0.5, 0.6) is 5.75 Å². The molecule has 1 fully saturated rings. The average Bonchev–Trinajstić information content (AvgIpc) is 2.68. The summed E-state index contributed by atoms with van der Waals surface area (Å²) >= 11 is 0. The predicted octanol–water partition coefficient (Wildman–Crippen LogP) is 2.32. The predicted molar refractivity (Wildman–Crippen MR) is 105 cm³/mol. The number of amides is 2. The Balaban J connectivity index is 2.16. The first-order valence-electron chi connectivity index (χ1n) is 9.54. The minimum absolute atomic E-state index is 0.171. The molecule has 0 aliphatic carbocycles. The molecular formula is C21H28N2O5. The Labute approximate surface area is 165 Å². The molecule has 0 spiro atoms. The van der Waals surface area contributed by atoms with E-state index >= 15 is 0 Å². The largest absolute Gasteiger partial charge is 0.488 e.